The highest BCUT2D eigenvalue weighted by molar-refractivity contribution is 5.82. The number of nitrogens with two attached hydrogens (primary N) is 1. The van der Waals surface area contributed by atoms with Gasteiger partial charge in [0.25, 0.3) is 0 Å². The van der Waals surface area contributed by atoms with Crippen molar-refractivity contribution in [2.45, 2.75) is 32.7 Å². The molecule has 0 bridgehead atoms. The van der Waals surface area contributed by atoms with Crippen LogP contribution in [0.1, 0.15) is 37.4 Å². The highest BCUT2D eigenvalue weighted by Gasteiger charge is 2.21. The second-order valence-corrected chi connectivity index (χ2v) is 5.20. The van der Waals surface area contributed by atoms with Gasteiger partial charge in [0.2, 0.25) is 5.91 Å². The van der Waals surface area contributed by atoms with Crippen LogP contribution in [0.5, 0.6) is 0 Å². The van der Waals surface area contributed by atoms with Crippen LogP contribution in [-0.2, 0) is 11.2 Å². The van der Waals surface area contributed by atoms with E-state index in [2.05, 4.69) is 35.3 Å². The van der Waals surface area contributed by atoms with Gasteiger partial charge in [-0.15, -0.1) is 0 Å². The minimum absolute atomic E-state index is 0.0622. The summed E-state index contributed by atoms with van der Waals surface area (Å²) in [5, 5.41) is 2.92. The van der Waals surface area contributed by atoms with Gasteiger partial charge in [0.1, 0.15) is 0 Å². The van der Waals surface area contributed by atoms with Crippen LogP contribution in [-0.4, -0.2) is 25.5 Å². The van der Waals surface area contributed by atoms with Gasteiger partial charge < -0.3 is 16.0 Å². The molecule has 1 heterocycles. The molecular weight excluding hydrogens is 238 g/mol. The molecule has 0 aliphatic carbocycles. The number of benzene rings is 1. The van der Waals surface area contributed by atoms with Gasteiger partial charge in [-0.05, 0) is 37.0 Å². The van der Waals surface area contributed by atoms with Crippen LogP contribution >= 0.6 is 0 Å². The molecule has 1 amide bonds. The largest absolute Gasteiger partial charge is 0.362 e. The Morgan fingerprint density at radius 1 is 1.53 bits per heavy atom. The SMILES string of the molecule is CCCNC(=O)CN1CCc2cc(C(C)N)ccc21. The average Bonchev–Trinajstić information content (AvgIpc) is 2.78. The fourth-order valence-corrected chi connectivity index (χ4v) is 2.43. The van der Waals surface area contributed by atoms with Crippen molar-refractivity contribution in [3.63, 3.8) is 0 Å². The molecule has 0 saturated heterocycles. The average molecular weight is 261 g/mol. The van der Waals surface area contributed by atoms with Crippen LogP contribution in [0.3, 0.4) is 0 Å². The Kier molecular flexibility index (Phi) is 4.43. The van der Waals surface area contributed by atoms with Gasteiger partial charge in [0, 0.05) is 24.8 Å². The Bertz CT molecular complexity index is 457. The molecule has 1 aliphatic rings. The fourth-order valence-electron chi connectivity index (χ4n) is 2.43. The normalized spacial score (nSPS) is 15.2. The Morgan fingerprint density at radius 3 is 3.00 bits per heavy atom. The van der Waals surface area contributed by atoms with E-state index in [1.54, 1.807) is 0 Å². The predicted octanol–water partition coefficient (Wildman–Crippen LogP) is 1.59. The summed E-state index contributed by atoms with van der Waals surface area (Å²) in [6, 6.07) is 6.39. The molecule has 1 atom stereocenters. The van der Waals surface area contributed by atoms with E-state index < -0.39 is 0 Å². The molecule has 19 heavy (non-hydrogen) atoms. The zero-order valence-corrected chi connectivity index (χ0v) is 11.8. The smallest absolute Gasteiger partial charge is 0.239 e. The lowest BCUT2D eigenvalue weighted by Gasteiger charge is -2.19. The molecule has 1 aromatic carbocycles. The zero-order chi connectivity index (χ0) is 13.8. The van der Waals surface area contributed by atoms with E-state index in [1.807, 2.05) is 6.92 Å². The minimum atomic E-state index is 0.0622. The van der Waals surface area contributed by atoms with E-state index in [0.717, 1.165) is 31.5 Å². The third kappa shape index (κ3) is 3.26. The summed E-state index contributed by atoms with van der Waals surface area (Å²) >= 11 is 0. The Morgan fingerprint density at radius 2 is 2.32 bits per heavy atom. The molecule has 0 aromatic heterocycles. The number of rotatable bonds is 5. The predicted molar refractivity (Wildman–Crippen MR) is 78.3 cm³/mol. The van der Waals surface area contributed by atoms with Crippen LogP contribution in [0, 0.1) is 0 Å². The van der Waals surface area contributed by atoms with Crippen molar-refractivity contribution in [3.05, 3.63) is 29.3 Å². The second-order valence-electron chi connectivity index (χ2n) is 5.20. The summed E-state index contributed by atoms with van der Waals surface area (Å²) in [6.45, 7) is 6.17. The number of nitrogens with zero attached hydrogens (tertiary/aromatic N) is 1. The summed E-state index contributed by atoms with van der Waals surface area (Å²) in [5.74, 6) is 0.103. The van der Waals surface area contributed by atoms with Crippen LogP contribution in [0.2, 0.25) is 0 Å². The van der Waals surface area contributed by atoms with Crippen molar-refractivity contribution in [2.24, 2.45) is 5.73 Å². The van der Waals surface area contributed by atoms with Gasteiger partial charge >= 0.3 is 0 Å². The zero-order valence-electron chi connectivity index (χ0n) is 11.8. The maximum Gasteiger partial charge on any atom is 0.239 e. The van der Waals surface area contributed by atoms with Crippen LogP contribution in [0.25, 0.3) is 0 Å². The number of anilines is 1. The summed E-state index contributed by atoms with van der Waals surface area (Å²) in [7, 11) is 0. The Labute approximate surface area is 115 Å². The van der Waals surface area contributed by atoms with E-state index in [9.17, 15) is 4.79 Å². The number of hydrogen-bond donors (Lipinski definition) is 2. The van der Waals surface area contributed by atoms with E-state index in [-0.39, 0.29) is 11.9 Å². The molecule has 0 fully saturated rings. The molecule has 0 spiro atoms. The van der Waals surface area contributed by atoms with Gasteiger partial charge in [-0.25, -0.2) is 0 Å². The molecule has 2 rings (SSSR count). The maximum absolute atomic E-state index is 11.8. The number of carbonyl (C=O) groups is 1. The third-order valence-corrected chi connectivity index (χ3v) is 3.53. The van der Waals surface area contributed by atoms with E-state index in [1.165, 1.54) is 11.3 Å². The number of carbonyl (C=O) groups excluding carboxylic acids is 1. The number of fused-ring (bicyclic) bond motifs is 1. The minimum Gasteiger partial charge on any atom is -0.362 e. The maximum atomic E-state index is 11.8. The van der Waals surface area contributed by atoms with Crippen LogP contribution < -0.4 is 16.0 Å². The molecular formula is C15H23N3O. The molecule has 3 N–H and O–H groups in total. The lowest BCUT2D eigenvalue weighted by atomic mass is 10.0. The quantitative estimate of drug-likeness (QED) is 0.846. The summed E-state index contributed by atoms with van der Waals surface area (Å²) in [4.78, 5) is 13.9. The molecule has 1 aliphatic heterocycles. The van der Waals surface area contributed by atoms with Crippen molar-refractivity contribution in [1.29, 1.82) is 0 Å². The molecule has 4 heteroatoms. The molecule has 0 saturated carbocycles. The number of hydrogen-bond acceptors (Lipinski definition) is 3. The summed E-state index contributed by atoms with van der Waals surface area (Å²) in [6.07, 6.45) is 1.97. The number of nitrogens with one attached hydrogen (secondary N) is 1. The van der Waals surface area contributed by atoms with E-state index >= 15 is 0 Å². The van der Waals surface area contributed by atoms with Gasteiger partial charge in [-0.2, -0.15) is 0 Å². The first-order chi connectivity index (χ1) is 9.11. The third-order valence-electron chi connectivity index (χ3n) is 3.53. The van der Waals surface area contributed by atoms with Crippen molar-refractivity contribution in [3.8, 4) is 0 Å². The van der Waals surface area contributed by atoms with Gasteiger partial charge in [-0.1, -0.05) is 19.1 Å². The molecule has 104 valence electrons. The van der Waals surface area contributed by atoms with Crippen LogP contribution in [0.4, 0.5) is 5.69 Å². The lowest BCUT2D eigenvalue weighted by Crippen LogP contribution is -2.36. The van der Waals surface area contributed by atoms with E-state index in [0.29, 0.717) is 6.54 Å². The van der Waals surface area contributed by atoms with Gasteiger partial charge in [-0.3, -0.25) is 4.79 Å². The highest BCUT2D eigenvalue weighted by Crippen LogP contribution is 2.29. The van der Waals surface area contributed by atoms with Crippen LogP contribution in [0.15, 0.2) is 18.2 Å². The van der Waals surface area contributed by atoms with Gasteiger partial charge in [0.15, 0.2) is 0 Å². The Balaban J connectivity index is 2.04. The summed E-state index contributed by atoms with van der Waals surface area (Å²) in [5.41, 5.74) is 9.54. The summed E-state index contributed by atoms with van der Waals surface area (Å²) < 4.78 is 0. The van der Waals surface area contributed by atoms with Crippen molar-refractivity contribution in [2.75, 3.05) is 24.5 Å². The first-order valence-corrected chi connectivity index (χ1v) is 7.02. The lowest BCUT2D eigenvalue weighted by molar-refractivity contribution is -0.119. The monoisotopic (exact) mass is 261 g/mol. The molecule has 0 radical (unpaired) electrons. The first kappa shape index (κ1) is 13.9. The van der Waals surface area contributed by atoms with Crippen molar-refractivity contribution >= 4 is 11.6 Å². The van der Waals surface area contributed by atoms with Crippen molar-refractivity contribution in [1.82, 2.24) is 5.32 Å². The molecule has 1 aromatic rings. The second kappa shape index (κ2) is 6.06. The molecule has 4 nitrogen and oxygen atoms in total. The first-order valence-electron chi connectivity index (χ1n) is 7.02. The fraction of sp³-hybridized carbons (Fsp3) is 0.533. The van der Waals surface area contributed by atoms with Crippen molar-refractivity contribution < 1.29 is 4.79 Å². The Hall–Kier alpha value is -1.55. The topological polar surface area (TPSA) is 58.4 Å². The standard InChI is InChI=1S/C15H23N3O/c1-3-7-17-15(19)10-18-8-6-13-9-12(11(2)16)4-5-14(13)18/h4-5,9,11H,3,6-8,10,16H2,1-2H3,(H,17,19). The van der Waals surface area contributed by atoms with Gasteiger partial charge in [0.05, 0.1) is 6.54 Å². The highest BCUT2D eigenvalue weighted by atomic mass is 16.2. The molecule has 1 unspecified atom stereocenters. The van der Waals surface area contributed by atoms with E-state index in [4.69, 9.17) is 5.73 Å². The number of amides is 1.